The van der Waals surface area contributed by atoms with Gasteiger partial charge in [-0.05, 0) is 32.7 Å². The zero-order valence-corrected chi connectivity index (χ0v) is 11.2. The SMILES string of the molecule is CSCCNC(CC(C)C)CN(C)C. The zero-order chi connectivity index (χ0) is 11.0. The van der Waals surface area contributed by atoms with Gasteiger partial charge in [0.2, 0.25) is 0 Å². The minimum atomic E-state index is 0.650. The predicted octanol–water partition coefficient (Wildman–Crippen LogP) is 1.92. The molecule has 0 fully saturated rings. The highest BCUT2D eigenvalue weighted by Gasteiger charge is 2.10. The van der Waals surface area contributed by atoms with E-state index in [-0.39, 0.29) is 0 Å². The van der Waals surface area contributed by atoms with Crippen LogP contribution in [0.1, 0.15) is 20.3 Å². The molecule has 0 aromatic carbocycles. The summed E-state index contributed by atoms with van der Waals surface area (Å²) in [7, 11) is 4.28. The molecule has 2 nitrogen and oxygen atoms in total. The molecule has 0 rings (SSSR count). The van der Waals surface area contributed by atoms with E-state index in [9.17, 15) is 0 Å². The van der Waals surface area contributed by atoms with E-state index < -0.39 is 0 Å². The maximum atomic E-state index is 3.62. The van der Waals surface area contributed by atoms with Gasteiger partial charge in [-0.1, -0.05) is 13.8 Å². The Kier molecular flexibility index (Phi) is 8.73. The van der Waals surface area contributed by atoms with Crippen molar-refractivity contribution < 1.29 is 0 Å². The molecule has 0 bridgehead atoms. The van der Waals surface area contributed by atoms with E-state index in [1.54, 1.807) is 0 Å². The average molecular weight is 218 g/mol. The molecular formula is C11H26N2S. The van der Waals surface area contributed by atoms with Crippen molar-refractivity contribution in [2.45, 2.75) is 26.3 Å². The Morgan fingerprint density at radius 3 is 2.36 bits per heavy atom. The molecule has 0 heterocycles. The van der Waals surface area contributed by atoms with Gasteiger partial charge < -0.3 is 10.2 Å². The van der Waals surface area contributed by atoms with Gasteiger partial charge in [-0.2, -0.15) is 11.8 Å². The molecule has 0 amide bonds. The quantitative estimate of drug-likeness (QED) is 0.627. The first-order valence-corrected chi connectivity index (χ1v) is 6.82. The van der Waals surface area contributed by atoms with Gasteiger partial charge in [0.15, 0.2) is 0 Å². The predicted molar refractivity (Wildman–Crippen MR) is 68.2 cm³/mol. The lowest BCUT2D eigenvalue weighted by molar-refractivity contribution is 0.310. The van der Waals surface area contributed by atoms with Crippen molar-refractivity contribution in [3.63, 3.8) is 0 Å². The lowest BCUT2D eigenvalue weighted by Gasteiger charge is -2.23. The summed E-state index contributed by atoms with van der Waals surface area (Å²) < 4.78 is 0. The van der Waals surface area contributed by atoms with Crippen LogP contribution in [0, 0.1) is 5.92 Å². The smallest absolute Gasteiger partial charge is 0.0197 e. The summed E-state index contributed by atoms with van der Waals surface area (Å²) >= 11 is 1.91. The summed E-state index contributed by atoms with van der Waals surface area (Å²) in [5.74, 6) is 1.99. The van der Waals surface area contributed by atoms with Crippen molar-refractivity contribution in [3.8, 4) is 0 Å². The molecule has 1 unspecified atom stereocenters. The molecule has 0 radical (unpaired) electrons. The van der Waals surface area contributed by atoms with Gasteiger partial charge in [-0.25, -0.2) is 0 Å². The topological polar surface area (TPSA) is 15.3 Å². The molecule has 1 N–H and O–H groups in total. The number of nitrogens with zero attached hydrogens (tertiary/aromatic N) is 1. The van der Waals surface area contributed by atoms with Crippen LogP contribution in [0.15, 0.2) is 0 Å². The molecule has 1 atom stereocenters. The van der Waals surface area contributed by atoms with Crippen LogP contribution in [-0.4, -0.2) is 50.1 Å². The van der Waals surface area contributed by atoms with Crippen molar-refractivity contribution >= 4 is 11.8 Å². The van der Waals surface area contributed by atoms with Crippen molar-refractivity contribution in [1.82, 2.24) is 10.2 Å². The molecule has 0 saturated heterocycles. The highest BCUT2D eigenvalue weighted by molar-refractivity contribution is 7.98. The molecule has 0 aliphatic rings. The Bertz CT molecular complexity index is 116. The van der Waals surface area contributed by atoms with E-state index in [2.05, 4.69) is 44.4 Å². The van der Waals surface area contributed by atoms with Crippen LogP contribution >= 0.6 is 11.8 Å². The monoisotopic (exact) mass is 218 g/mol. The van der Waals surface area contributed by atoms with Gasteiger partial charge in [-0.15, -0.1) is 0 Å². The average Bonchev–Trinajstić information content (AvgIpc) is 2.02. The summed E-state index contributed by atoms with van der Waals surface area (Å²) in [6.07, 6.45) is 3.43. The third-order valence-electron chi connectivity index (χ3n) is 2.08. The molecule has 0 aliphatic heterocycles. The van der Waals surface area contributed by atoms with Crippen LogP contribution in [0.3, 0.4) is 0 Å². The van der Waals surface area contributed by atoms with Gasteiger partial charge in [0, 0.05) is 24.9 Å². The number of hydrogen-bond donors (Lipinski definition) is 1. The van der Waals surface area contributed by atoms with Gasteiger partial charge in [0.1, 0.15) is 0 Å². The van der Waals surface area contributed by atoms with E-state index in [4.69, 9.17) is 0 Å². The summed E-state index contributed by atoms with van der Waals surface area (Å²) in [5, 5.41) is 3.62. The number of thioether (sulfide) groups is 1. The Hall–Kier alpha value is 0.270. The molecular weight excluding hydrogens is 192 g/mol. The van der Waals surface area contributed by atoms with Gasteiger partial charge in [0.25, 0.3) is 0 Å². The summed E-state index contributed by atoms with van der Waals surface area (Å²) in [4.78, 5) is 2.26. The minimum Gasteiger partial charge on any atom is -0.312 e. The van der Waals surface area contributed by atoms with Crippen LogP contribution in [0.25, 0.3) is 0 Å². The van der Waals surface area contributed by atoms with Crippen LogP contribution in [0.5, 0.6) is 0 Å². The first kappa shape index (κ1) is 14.3. The normalized spacial score (nSPS) is 13.9. The van der Waals surface area contributed by atoms with Gasteiger partial charge in [0.05, 0.1) is 0 Å². The van der Waals surface area contributed by atoms with Crippen molar-refractivity contribution in [1.29, 1.82) is 0 Å². The van der Waals surface area contributed by atoms with E-state index in [1.165, 1.54) is 12.2 Å². The third kappa shape index (κ3) is 8.85. The zero-order valence-electron chi connectivity index (χ0n) is 10.3. The molecule has 0 saturated carbocycles. The molecule has 86 valence electrons. The van der Waals surface area contributed by atoms with E-state index in [0.29, 0.717) is 6.04 Å². The maximum Gasteiger partial charge on any atom is 0.0197 e. The second kappa shape index (κ2) is 8.57. The van der Waals surface area contributed by atoms with Crippen molar-refractivity contribution in [2.75, 3.05) is 39.2 Å². The van der Waals surface area contributed by atoms with E-state index >= 15 is 0 Å². The highest BCUT2D eigenvalue weighted by Crippen LogP contribution is 2.05. The molecule has 0 aliphatic carbocycles. The Balaban J connectivity index is 3.72. The maximum absolute atomic E-state index is 3.62. The molecule has 3 heteroatoms. The van der Waals surface area contributed by atoms with Crippen LogP contribution < -0.4 is 5.32 Å². The van der Waals surface area contributed by atoms with Crippen molar-refractivity contribution in [2.24, 2.45) is 5.92 Å². The second-order valence-corrected chi connectivity index (χ2v) is 5.52. The fraction of sp³-hybridized carbons (Fsp3) is 1.00. The first-order valence-electron chi connectivity index (χ1n) is 5.43. The van der Waals surface area contributed by atoms with Gasteiger partial charge >= 0.3 is 0 Å². The number of nitrogens with one attached hydrogen (secondary N) is 1. The van der Waals surface area contributed by atoms with E-state index in [1.807, 2.05) is 11.8 Å². The van der Waals surface area contributed by atoms with Crippen LogP contribution in [-0.2, 0) is 0 Å². The van der Waals surface area contributed by atoms with Crippen LogP contribution in [0.4, 0.5) is 0 Å². The largest absolute Gasteiger partial charge is 0.312 e. The van der Waals surface area contributed by atoms with E-state index in [0.717, 1.165) is 19.0 Å². The summed E-state index contributed by atoms with van der Waals surface area (Å²) in [6, 6.07) is 0.650. The summed E-state index contributed by atoms with van der Waals surface area (Å²) in [5.41, 5.74) is 0. The fourth-order valence-electron chi connectivity index (χ4n) is 1.60. The number of likely N-dealkylation sites (N-methyl/N-ethyl adjacent to an activating group) is 1. The number of hydrogen-bond acceptors (Lipinski definition) is 3. The summed E-state index contributed by atoms with van der Waals surface area (Å²) in [6.45, 7) is 6.86. The van der Waals surface area contributed by atoms with Crippen LogP contribution in [0.2, 0.25) is 0 Å². The lowest BCUT2D eigenvalue weighted by Crippen LogP contribution is -2.40. The second-order valence-electron chi connectivity index (χ2n) is 4.54. The number of rotatable bonds is 8. The third-order valence-corrected chi connectivity index (χ3v) is 2.69. The fourth-order valence-corrected chi connectivity index (χ4v) is 1.92. The minimum absolute atomic E-state index is 0.650. The Morgan fingerprint density at radius 2 is 1.93 bits per heavy atom. The highest BCUT2D eigenvalue weighted by atomic mass is 32.2. The Morgan fingerprint density at radius 1 is 1.29 bits per heavy atom. The molecule has 0 spiro atoms. The Labute approximate surface area is 93.8 Å². The lowest BCUT2D eigenvalue weighted by atomic mass is 10.0. The molecule has 14 heavy (non-hydrogen) atoms. The van der Waals surface area contributed by atoms with Gasteiger partial charge in [-0.3, -0.25) is 0 Å². The molecule has 0 aromatic heterocycles. The standard InChI is InChI=1S/C11H26N2S/c1-10(2)8-11(9-13(3)4)12-6-7-14-5/h10-12H,6-9H2,1-5H3. The van der Waals surface area contributed by atoms with Crippen molar-refractivity contribution in [3.05, 3.63) is 0 Å². The molecule has 0 aromatic rings. The first-order chi connectivity index (χ1) is 6.56.